The van der Waals surface area contributed by atoms with Crippen molar-refractivity contribution in [2.75, 3.05) is 17.1 Å². The van der Waals surface area contributed by atoms with Crippen LogP contribution in [0, 0.1) is 10.1 Å². The van der Waals surface area contributed by atoms with Gasteiger partial charge in [-0.25, -0.2) is 13.9 Å². The monoisotopic (exact) mass is 766 g/mol. The highest BCUT2D eigenvalue weighted by atomic mass is 32.2. The van der Waals surface area contributed by atoms with Crippen LogP contribution in [0.5, 0.6) is 0 Å². The van der Waals surface area contributed by atoms with Gasteiger partial charge in [-0.3, -0.25) is 24.4 Å². The molecule has 0 aromatic heterocycles. The van der Waals surface area contributed by atoms with Crippen molar-refractivity contribution in [2.45, 2.75) is 102 Å². The number of imide groups is 1. The molecule has 1 aromatic rings. The number of nitrogens with zero attached hydrogens (tertiary/aromatic N) is 3. The lowest BCUT2D eigenvalue weighted by Crippen LogP contribution is -2.44. The average Bonchev–Trinajstić information content (AvgIpc) is 3.16. The van der Waals surface area contributed by atoms with Gasteiger partial charge in [0, 0.05) is 30.2 Å². The van der Waals surface area contributed by atoms with E-state index in [0.717, 1.165) is 15.7 Å². The van der Waals surface area contributed by atoms with Crippen LogP contribution in [0.1, 0.15) is 82.6 Å². The van der Waals surface area contributed by atoms with E-state index in [-0.39, 0.29) is 31.2 Å². The van der Waals surface area contributed by atoms with Crippen molar-refractivity contribution in [1.29, 1.82) is 0 Å². The zero-order valence-electron chi connectivity index (χ0n) is 30.0. The molecule has 0 bridgehead atoms. The number of carbonyl (C=O) groups excluding carboxylic acids is 3. The summed E-state index contributed by atoms with van der Waals surface area (Å²) in [5, 5.41) is 11.3. The number of unbranched alkanes of at least 4 members (excludes halogenated alkanes) is 6. The minimum atomic E-state index is -6.41. The summed E-state index contributed by atoms with van der Waals surface area (Å²) >= 11 is 0. The molecular formula is C28H33F11N4O6S. The van der Waals surface area contributed by atoms with Gasteiger partial charge in [-0.2, -0.15) is 48.3 Å². The number of rotatable bonds is 16. The molecule has 0 saturated carbocycles. The lowest BCUT2D eigenvalue weighted by molar-refractivity contribution is -0.388. The summed E-state index contributed by atoms with van der Waals surface area (Å²) in [5.41, 5.74) is -9.49. The van der Waals surface area contributed by atoms with E-state index < -0.39 is 104 Å². The predicted octanol–water partition coefficient (Wildman–Crippen LogP) is 7.55. The molecule has 1 N–H and O–H groups in total. The van der Waals surface area contributed by atoms with Gasteiger partial charge < -0.3 is 4.90 Å². The van der Waals surface area contributed by atoms with Gasteiger partial charge in [0.2, 0.25) is 0 Å². The highest BCUT2D eigenvalue weighted by molar-refractivity contribution is 8.00. The van der Waals surface area contributed by atoms with E-state index >= 15 is 0 Å². The van der Waals surface area contributed by atoms with Crippen LogP contribution in [0.25, 0.3) is 0 Å². The molecule has 22 heteroatoms. The standard InChI is InChI=1S/C28H33F11N4O6S/c1-24(2)22(45)42(18-11-12-20(43(47)48)19(17-18)26(31,32)33)23(46)41(24)14-8-6-4-3-5-7-9-15-50(49,40-21(44)27(34,35)36)16-10-13-25(29,30)28(37,38)39/h11-12,15,17H,3-10,13-14,16H2,1-2H3,(H,40,44,49)/i10D2,16D2. The Bertz CT molecular complexity index is 1730. The van der Waals surface area contributed by atoms with Crippen molar-refractivity contribution in [3.63, 3.8) is 0 Å². The molecule has 1 aliphatic heterocycles. The van der Waals surface area contributed by atoms with Crippen molar-refractivity contribution >= 4 is 44.3 Å². The number of urea groups is 1. The smallest absolute Gasteiger partial charge is 0.310 e. The Balaban J connectivity index is 2.08. The van der Waals surface area contributed by atoms with Gasteiger partial charge in [0.25, 0.3) is 11.6 Å². The van der Waals surface area contributed by atoms with Gasteiger partial charge >= 0.3 is 36.4 Å². The number of amides is 4. The second-order valence-corrected chi connectivity index (χ2v) is 13.3. The summed E-state index contributed by atoms with van der Waals surface area (Å²) in [5.74, 6) is -9.90. The van der Waals surface area contributed by atoms with Crippen molar-refractivity contribution in [2.24, 2.45) is 0 Å². The van der Waals surface area contributed by atoms with E-state index in [9.17, 15) is 77.0 Å². The molecule has 284 valence electrons. The highest BCUT2D eigenvalue weighted by Gasteiger charge is 2.56. The largest absolute Gasteiger partial charge is 0.472 e. The molecule has 4 amide bonds. The fourth-order valence-corrected chi connectivity index (χ4v) is 5.91. The molecule has 10 nitrogen and oxygen atoms in total. The minimum Gasteiger partial charge on any atom is -0.310 e. The van der Waals surface area contributed by atoms with Crippen LogP contribution in [0.15, 0.2) is 18.2 Å². The highest BCUT2D eigenvalue weighted by Crippen LogP contribution is 2.41. The van der Waals surface area contributed by atoms with Crippen LogP contribution >= 0.6 is 0 Å². The first-order valence-corrected chi connectivity index (χ1v) is 16.0. The third kappa shape index (κ3) is 10.6. The fraction of sp³-hybridized carbons (Fsp3) is 0.643. The molecule has 1 fully saturated rings. The molecule has 1 heterocycles. The Morgan fingerprint density at radius 1 is 0.980 bits per heavy atom. The van der Waals surface area contributed by atoms with E-state index in [4.69, 9.17) is 5.48 Å². The van der Waals surface area contributed by atoms with Gasteiger partial charge in [-0.1, -0.05) is 25.7 Å². The maximum atomic E-state index is 13.6. The number of nitro benzene ring substituents is 1. The maximum Gasteiger partial charge on any atom is 0.472 e. The number of halogens is 11. The molecule has 1 aliphatic rings. The summed E-state index contributed by atoms with van der Waals surface area (Å²) in [6, 6.07) is 0.635. The van der Waals surface area contributed by atoms with E-state index in [1.165, 1.54) is 13.8 Å². The lowest BCUT2D eigenvalue weighted by atomic mass is 10.0. The number of carbonyl (C=O) groups is 3. The first-order valence-electron chi connectivity index (χ1n) is 16.4. The van der Waals surface area contributed by atoms with Crippen LogP contribution in [0.4, 0.5) is 64.5 Å². The molecule has 50 heavy (non-hydrogen) atoms. The Morgan fingerprint density at radius 2 is 1.54 bits per heavy atom. The van der Waals surface area contributed by atoms with Gasteiger partial charge in [0.05, 0.1) is 20.3 Å². The maximum absolute atomic E-state index is 13.6. The fourth-order valence-electron chi connectivity index (χ4n) is 4.52. The molecule has 2 rings (SSSR count). The number of hydrogen-bond acceptors (Lipinski definition) is 6. The predicted molar refractivity (Wildman–Crippen MR) is 158 cm³/mol. The molecular weight excluding hydrogens is 729 g/mol. The zero-order valence-corrected chi connectivity index (χ0v) is 26.8. The van der Waals surface area contributed by atoms with Gasteiger partial charge in [0.15, 0.2) is 0 Å². The van der Waals surface area contributed by atoms with E-state index in [1.54, 1.807) is 0 Å². The second kappa shape index (κ2) is 15.7. The SMILES string of the molecule is [2H]C([2H])(CC(F)(F)C(F)(F)F)C([2H])([2H])S(=O)(=CCCCCCCCCN1C(=O)N(c2ccc([N+](=O)[O-])c(C(F)(F)F)c2)C(=O)C1(C)C)NC(=O)C(F)(F)F. The number of hydrogen-bond donors (Lipinski definition) is 1. The summed E-state index contributed by atoms with van der Waals surface area (Å²) in [6.07, 6.45) is -24.2. The molecule has 0 radical (unpaired) electrons. The van der Waals surface area contributed by atoms with Crippen LogP contribution < -0.4 is 9.62 Å². The summed E-state index contributed by atoms with van der Waals surface area (Å²) in [4.78, 5) is 49.1. The van der Waals surface area contributed by atoms with Crippen molar-refractivity contribution in [3.05, 3.63) is 33.9 Å². The van der Waals surface area contributed by atoms with Crippen LogP contribution in [0.2, 0.25) is 0 Å². The van der Waals surface area contributed by atoms with Crippen LogP contribution in [-0.2, 0) is 25.5 Å². The third-order valence-corrected chi connectivity index (χ3v) is 8.84. The summed E-state index contributed by atoms with van der Waals surface area (Å²) < 4.78 is 189. The van der Waals surface area contributed by atoms with Crippen LogP contribution in [-0.4, -0.2) is 73.3 Å². The van der Waals surface area contributed by atoms with Crippen molar-refractivity contribution in [3.8, 4) is 0 Å². The third-order valence-electron chi connectivity index (χ3n) is 7.20. The zero-order chi connectivity index (χ0) is 42.1. The number of nitro groups is 1. The van der Waals surface area contributed by atoms with Crippen molar-refractivity contribution in [1.82, 2.24) is 9.62 Å². The Morgan fingerprint density at radius 3 is 2.06 bits per heavy atom. The number of benzene rings is 1. The molecule has 1 unspecified atom stereocenters. The van der Waals surface area contributed by atoms with E-state index in [2.05, 4.69) is 0 Å². The molecule has 1 aromatic carbocycles. The molecule has 0 aliphatic carbocycles. The average molecular weight is 767 g/mol. The first kappa shape index (κ1) is 36.1. The first-order chi connectivity index (χ1) is 24.2. The van der Waals surface area contributed by atoms with Gasteiger partial charge in [-0.05, 0) is 57.0 Å². The normalized spacial score (nSPS) is 18.6. The topological polar surface area (TPSA) is 130 Å². The Labute approximate surface area is 284 Å². The van der Waals surface area contributed by atoms with E-state index in [1.807, 2.05) is 0 Å². The quantitative estimate of drug-likeness (QED) is 0.0462. The van der Waals surface area contributed by atoms with Gasteiger partial charge in [0.1, 0.15) is 11.1 Å². The van der Waals surface area contributed by atoms with Gasteiger partial charge in [-0.15, -0.1) is 0 Å². The molecule has 1 saturated heterocycles. The van der Waals surface area contributed by atoms with Crippen molar-refractivity contribution < 1.29 is 77.3 Å². The minimum absolute atomic E-state index is 0.0909. The lowest BCUT2D eigenvalue weighted by Gasteiger charge is -2.27. The number of alkyl halides is 11. The number of anilines is 1. The molecule has 0 spiro atoms. The second-order valence-electron chi connectivity index (χ2n) is 11.4. The van der Waals surface area contributed by atoms with Crippen LogP contribution in [0.3, 0.4) is 0 Å². The summed E-state index contributed by atoms with van der Waals surface area (Å²) in [7, 11) is -5.44. The van der Waals surface area contributed by atoms with E-state index in [0.29, 0.717) is 36.3 Å². The molecule has 1 atom stereocenters. The Kier molecular flexibility index (Phi) is 11.3. The Hall–Kier alpha value is -3.72. The number of nitrogens with one attached hydrogen (secondary N) is 1. The summed E-state index contributed by atoms with van der Waals surface area (Å²) in [6.45, 7) is 2.56.